The minimum absolute atomic E-state index is 0.0705. The molecule has 4 nitrogen and oxygen atoms in total. The number of nitrogens with zero attached hydrogens (tertiary/aromatic N) is 3. The van der Waals surface area contributed by atoms with E-state index in [9.17, 15) is 0 Å². The van der Waals surface area contributed by atoms with Gasteiger partial charge in [-0.25, -0.2) is 0 Å². The first-order valence-electron chi connectivity index (χ1n) is 18.7. The SMILES string of the molecule is CCCCC(CC)CN(CC(CC)CCCC)CN1NC(=S)[S+](CN(CC(CC)CCCC)CC(CC)CCCC)C1S. The van der Waals surface area contributed by atoms with Crippen molar-refractivity contribution in [3.63, 3.8) is 0 Å². The van der Waals surface area contributed by atoms with E-state index in [4.69, 9.17) is 24.8 Å². The summed E-state index contributed by atoms with van der Waals surface area (Å²) in [6, 6.07) is 0. The van der Waals surface area contributed by atoms with Crippen molar-refractivity contribution < 1.29 is 0 Å². The van der Waals surface area contributed by atoms with Gasteiger partial charge in [0.2, 0.25) is 4.71 Å². The molecule has 43 heavy (non-hydrogen) atoms. The average Bonchev–Trinajstić information content (AvgIpc) is 3.27. The van der Waals surface area contributed by atoms with Crippen molar-refractivity contribution in [1.29, 1.82) is 0 Å². The maximum atomic E-state index is 6.09. The summed E-state index contributed by atoms with van der Waals surface area (Å²) in [6.45, 7) is 24.6. The van der Waals surface area contributed by atoms with Crippen molar-refractivity contribution in [1.82, 2.24) is 20.2 Å². The number of nitrogens with one attached hydrogen (secondary N) is 1. The summed E-state index contributed by atoms with van der Waals surface area (Å²) in [7, 11) is -0.0705. The van der Waals surface area contributed by atoms with E-state index < -0.39 is 0 Å². The Morgan fingerprint density at radius 3 is 1.33 bits per heavy atom. The second-order valence-corrected chi connectivity index (χ2v) is 17.1. The molecule has 1 saturated heterocycles. The van der Waals surface area contributed by atoms with E-state index in [1.54, 1.807) is 0 Å². The normalized spacial score (nSPS) is 20.6. The number of unbranched alkanes of at least 4 members (excludes halogenated alkanes) is 4. The Balaban J connectivity index is 3.07. The standard InChI is InChI=1S/C36H74N4S3/c1-9-17-21-31(13-5)25-38(26-32(14-6)22-18-10-2)29-40-36(42)43(35(41)37-40)30-39(27-33(15-7)23-19-11-3)28-34(16-8)24-20-12-4/h31-34,36H,9-30H2,1-8H3,(H-,37,41,42)/p+1. The van der Waals surface area contributed by atoms with Crippen molar-refractivity contribution in [3.8, 4) is 0 Å². The molecule has 1 aliphatic heterocycles. The summed E-state index contributed by atoms with van der Waals surface area (Å²) < 4.78 is 1.18. The van der Waals surface area contributed by atoms with Crippen molar-refractivity contribution in [2.24, 2.45) is 23.7 Å². The molecule has 1 heterocycles. The molecule has 0 radical (unpaired) electrons. The second-order valence-electron chi connectivity index (χ2n) is 13.6. The maximum absolute atomic E-state index is 6.09. The topological polar surface area (TPSA) is 21.8 Å². The van der Waals surface area contributed by atoms with Gasteiger partial charge < -0.3 is 0 Å². The lowest BCUT2D eigenvalue weighted by Gasteiger charge is -2.33. The lowest BCUT2D eigenvalue weighted by molar-refractivity contribution is 0.0890. The van der Waals surface area contributed by atoms with Crippen LogP contribution in [-0.2, 0) is 10.9 Å². The third-order valence-corrected chi connectivity index (χ3v) is 13.7. The molecule has 0 aromatic carbocycles. The Bertz CT molecular complexity index is 645. The predicted molar refractivity (Wildman–Crippen MR) is 204 cm³/mol. The number of rotatable bonds is 28. The van der Waals surface area contributed by atoms with Gasteiger partial charge in [-0.05, 0) is 61.6 Å². The summed E-state index contributed by atoms with van der Waals surface area (Å²) in [6.07, 6.45) is 21.0. The smallest absolute Gasteiger partial charge is 0.288 e. The summed E-state index contributed by atoms with van der Waals surface area (Å²) >= 11 is 11.4. The zero-order chi connectivity index (χ0) is 32.0. The fourth-order valence-electron chi connectivity index (χ4n) is 6.62. The molecule has 7 heteroatoms. The van der Waals surface area contributed by atoms with E-state index in [0.29, 0.717) is 0 Å². The van der Waals surface area contributed by atoms with E-state index in [1.165, 1.54) is 129 Å². The summed E-state index contributed by atoms with van der Waals surface area (Å²) in [5.41, 5.74) is 3.69. The highest BCUT2D eigenvalue weighted by molar-refractivity contribution is 8.25. The average molecular weight is 660 g/mol. The van der Waals surface area contributed by atoms with Crippen molar-refractivity contribution in [2.45, 2.75) is 163 Å². The highest BCUT2D eigenvalue weighted by Crippen LogP contribution is 2.28. The Morgan fingerprint density at radius 1 is 0.651 bits per heavy atom. The van der Waals surface area contributed by atoms with Crippen LogP contribution in [0, 0.1) is 23.7 Å². The number of thiocarbonyl (C=S) groups is 1. The quantitative estimate of drug-likeness (QED) is 0.0494. The number of hydrogen-bond acceptors (Lipinski definition) is 5. The third kappa shape index (κ3) is 16.7. The van der Waals surface area contributed by atoms with Crippen LogP contribution >= 0.6 is 24.8 Å². The summed E-state index contributed by atoms with van der Waals surface area (Å²) in [4.78, 5) is 5.57. The molecule has 0 amide bonds. The lowest BCUT2D eigenvalue weighted by atomic mass is 9.96. The fraction of sp³-hybridized carbons (Fsp3) is 0.972. The predicted octanol–water partition coefficient (Wildman–Crippen LogP) is 10.3. The van der Waals surface area contributed by atoms with Gasteiger partial charge in [-0.1, -0.05) is 132 Å². The minimum Gasteiger partial charge on any atom is -0.288 e. The molecule has 0 aliphatic carbocycles. The molecule has 0 spiro atoms. The monoisotopic (exact) mass is 660 g/mol. The molecule has 0 aromatic heterocycles. The highest BCUT2D eigenvalue weighted by atomic mass is 32.2. The molecule has 6 unspecified atom stereocenters. The van der Waals surface area contributed by atoms with Crippen LogP contribution in [-0.4, -0.2) is 62.6 Å². The van der Waals surface area contributed by atoms with Gasteiger partial charge in [0.1, 0.15) is 10.9 Å². The van der Waals surface area contributed by atoms with Crippen LogP contribution in [0.4, 0.5) is 0 Å². The molecule has 1 fully saturated rings. The third-order valence-electron chi connectivity index (χ3n) is 9.91. The van der Waals surface area contributed by atoms with Crippen molar-refractivity contribution in [3.05, 3.63) is 0 Å². The molecule has 0 saturated carbocycles. The Hall–Kier alpha value is 0.470. The minimum atomic E-state index is -0.0705. The van der Waals surface area contributed by atoms with Gasteiger partial charge in [0, 0.05) is 26.2 Å². The van der Waals surface area contributed by atoms with Crippen molar-refractivity contribution in [2.75, 3.05) is 38.7 Å². The molecular weight excluding hydrogens is 585 g/mol. The Morgan fingerprint density at radius 2 is 1.00 bits per heavy atom. The zero-order valence-electron chi connectivity index (χ0n) is 30.0. The van der Waals surface area contributed by atoms with Gasteiger partial charge in [-0.2, -0.15) is 0 Å². The highest BCUT2D eigenvalue weighted by Gasteiger charge is 2.47. The first-order chi connectivity index (χ1) is 20.8. The van der Waals surface area contributed by atoms with Crippen LogP contribution in [0.15, 0.2) is 0 Å². The summed E-state index contributed by atoms with van der Waals surface area (Å²) in [5.74, 6) is 4.17. The zero-order valence-corrected chi connectivity index (χ0v) is 32.6. The molecule has 0 aromatic rings. The van der Waals surface area contributed by atoms with E-state index >= 15 is 0 Å². The van der Waals surface area contributed by atoms with E-state index in [-0.39, 0.29) is 15.6 Å². The fourth-order valence-corrected chi connectivity index (χ4v) is 9.74. The van der Waals surface area contributed by atoms with Gasteiger partial charge in [0.15, 0.2) is 5.88 Å². The van der Waals surface area contributed by atoms with Gasteiger partial charge in [0.25, 0.3) is 0 Å². The van der Waals surface area contributed by atoms with Crippen LogP contribution in [0.25, 0.3) is 0 Å². The second kappa shape index (κ2) is 25.5. The van der Waals surface area contributed by atoms with E-state index in [0.717, 1.165) is 40.5 Å². The molecule has 256 valence electrons. The Labute approximate surface area is 284 Å². The molecule has 1 N–H and O–H groups in total. The van der Waals surface area contributed by atoms with E-state index in [1.807, 2.05) is 0 Å². The molecular formula is C36H75N4S3+. The Kier molecular flexibility index (Phi) is 24.7. The van der Waals surface area contributed by atoms with Crippen LogP contribution in [0.3, 0.4) is 0 Å². The van der Waals surface area contributed by atoms with Gasteiger partial charge in [-0.15, -0.1) is 17.6 Å². The van der Waals surface area contributed by atoms with Crippen molar-refractivity contribution >= 4 is 40.1 Å². The largest absolute Gasteiger partial charge is 0.306 e. The molecule has 6 atom stereocenters. The molecule has 0 bridgehead atoms. The summed E-state index contributed by atoms with van der Waals surface area (Å²) in [5, 5.41) is 2.40. The van der Waals surface area contributed by atoms with Crippen LogP contribution in [0.5, 0.6) is 0 Å². The van der Waals surface area contributed by atoms with Gasteiger partial charge >= 0.3 is 4.32 Å². The number of thiol groups is 1. The lowest BCUT2D eigenvalue weighted by Crippen LogP contribution is -2.48. The van der Waals surface area contributed by atoms with Crippen LogP contribution in [0.1, 0.15) is 158 Å². The first-order valence-corrected chi connectivity index (χ1v) is 21.1. The van der Waals surface area contributed by atoms with Crippen LogP contribution < -0.4 is 5.43 Å². The molecule has 1 aliphatic rings. The number of hydrogen-bond donors (Lipinski definition) is 2. The maximum Gasteiger partial charge on any atom is 0.306 e. The number of hydrazine groups is 1. The van der Waals surface area contributed by atoms with Crippen LogP contribution in [0.2, 0.25) is 0 Å². The first kappa shape index (κ1) is 41.5. The van der Waals surface area contributed by atoms with Gasteiger partial charge in [0.05, 0.1) is 6.67 Å². The van der Waals surface area contributed by atoms with Gasteiger partial charge in [-0.3, -0.25) is 15.2 Å². The molecule has 1 rings (SSSR count). The van der Waals surface area contributed by atoms with E-state index in [2.05, 4.69) is 75.6 Å².